The minimum absolute atomic E-state index is 0.387. The lowest BCUT2D eigenvalue weighted by molar-refractivity contribution is 0.464. The van der Waals surface area contributed by atoms with Crippen LogP contribution in [0.4, 0.5) is 0 Å². The normalized spacial score (nSPS) is 11.3. The SMILES string of the molecule is NCc1c(Oc2cccc3ccccc23)nc2sccn12. The molecule has 0 fully saturated rings. The smallest absolute Gasteiger partial charge is 0.243 e. The predicted molar refractivity (Wildman–Crippen MR) is 85.0 cm³/mol. The summed E-state index contributed by atoms with van der Waals surface area (Å²) in [7, 11) is 0. The molecule has 0 amide bonds. The van der Waals surface area contributed by atoms with E-state index in [-0.39, 0.29) is 0 Å². The number of rotatable bonds is 3. The third kappa shape index (κ3) is 1.98. The number of nitrogens with two attached hydrogens (primary N) is 1. The maximum absolute atomic E-state index is 6.05. The summed E-state index contributed by atoms with van der Waals surface area (Å²) in [6, 6.07) is 14.1. The van der Waals surface area contributed by atoms with E-state index in [0.29, 0.717) is 12.4 Å². The Morgan fingerprint density at radius 2 is 2.00 bits per heavy atom. The molecule has 0 saturated carbocycles. The maximum atomic E-state index is 6.05. The first kappa shape index (κ1) is 12.4. The molecule has 0 saturated heterocycles. The van der Waals surface area contributed by atoms with Gasteiger partial charge in [0, 0.05) is 23.5 Å². The van der Waals surface area contributed by atoms with Crippen LogP contribution in [0.15, 0.2) is 54.0 Å². The molecule has 0 spiro atoms. The molecule has 2 heterocycles. The summed E-state index contributed by atoms with van der Waals surface area (Å²) in [5, 5.41) is 4.20. The van der Waals surface area contributed by atoms with E-state index in [9.17, 15) is 0 Å². The number of ether oxygens (including phenoxy) is 1. The van der Waals surface area contributed by atoms with Gasteiger partial charge in [-0.2, -0.15) is 4.98 Å². The summed E-state index contributed by atoms with van der Waals surface area (Å²) in [6.45, 7) is 0.387. The van der Waals surface area contributed by atoms with Gasteiger partial charge in [-0.3, -0.25) is 4.40 Å². The molecular formula is C16H13N3OS. The van der Waals surface area contributed by atoms with Crippen LogP contribution >= 0.6 is 11.3 Å². The number of benzene rings is 2. The molecule has 104 valence electrons. The average molecular weight is 295 g/mol. The van der Waals surface area contributed by atoms with Crippen LogP contribution in [0, 0.1) is 0 Å². The zero-order valence-electron chi connectivity index (χ0n) is 11.2. The fourth-order valence-electron chi connectivity index (χ4n) is 2.47. The average Bonchev–Trinajstić information content (AvgIpc) is 3.08. The Hall–Kier alpha value is -2.37. The van der Waals surface area contributed by atoms with Gasteiger partial charge in [-0.25, -0.2) is 0 Å². The Bertz CT molecular complexity index is 920. The highest BCUT2D eigenvalue weighted by atomic mass is 32.1. The van der Waals surface area contributed by atoms with Crippen molar-refractivity contribution < 1.29 is 4.74 Å². The third-order valence-electron chi connectivity index (χ3n) is 3.47. The fraction of sp³-hybridized carbons (Fsp3) is 0.0625. The Morgan fingerprint density at radius 1 is 1.14 bits per heavy atom. The molecule has 2 aromatic carbocycles. The Morgan fingerprint density at radius 3 is 2.90 bits per heavy atom. The highest BCUT2D eigenvalue weighted by molar-refractivity contribution is 7.15. The zero-order chi connectivity index (χ0) is 14.2. The fourth-order valence-corrected chi connectivity index (χ4v) is 3.19. The lowest BCUT2D eigenvalue weighted by Gasteiger charge is -2.08. The summed E-state index contributed by atoms with van der Waals surface area (Å²) in [6.07, 6.45) is 1.96. The van der Waals surface area contributed by atoms with Crippen LogP contribution < -0.4 is 10.5 Å². The van der Waals surface area contributed by atoms with E-state index in [1.807, 2.05) is 46.3 Å². The lowest BCUT2D eigenvalue weighted by Crippen LogP contribution is -2.01. The molecule has 21 heavy (non-hydrogen) atoms. The number of aromatic nitrogens is 2. The second-order valence-electron chi connectivity index (χ2n) is 4.70. The number of nitrogens with zero attached hydrogens (tertiary/aromatic N) is 2. The quantitative estimate of drug-likeness (QED) is 0.625. The van der Waals surface area contributed by atoms with Gasteiger partial charge < -0.3 is 10.5 Å². The predicted octanol–water partition coefficient (Wildman–Crippen LogP) is 3.80. The molecule has 0 aliphatic heterocycles. The van der Waals surface area contributed by atoms with E-state index in [1.165, 1.54) is 0 Å². The van der Waals surface area contributed by atoms with Crippen LogP contribution in [0.2, 0.25) is 0 Å². The molecule has 5 heteroatoms. The van der Waals surface area contributed by atoms with Crippen LogP contribution in [-0.4, -0.2) is 9.38 Å². The molecule has 0 radical (unpaired) electrons. The largest absolute Gasteiger partial charge is 0.437 e. The third-order valence-corrected chi connectivity index (χ3v) is 4.23. The van der Waals surface area contributed by atoms with E-state index in [2.05, 4.69) is 17.1 Å². The van der Waals surface area contributed by atoms with Gasteiger partial charge in [0.1, 0.15) is 11.4 Å². The summed E-state index contributed by atoms with van der Waals surface area (Å²) in [5.74, 6) is 1.38. The molecule has 4 rings (SSSR count). The number of hydrogen-bond donors (Lipinski definition) is 1. The molecule has 0 atom stereocenters. The first-order valence-electron chi connectivity index (χ1n) is 6.67. The van der Waals surface area contributed by atoms with Crippen LogP contribution in [0.1, 0.15) is 5.69 Å². The van der Waals surface area contributed by atoms with Gasteiger partial charge >= 0.3 is 0 Å². The molecule has 2 N–H and O–H groups in total. The second kappa shape index (κ2) is 4.87. The number of imidazole rings is 1. The van der Waals surface area contributed by atoms with Gasteiger partial charge in [-0.1, -0.05) is 36.4 Å². The summed E-state index contributed by atoms with van der Waals surface area (Å²) in [4.78, 5) is 5.42. The van der Waals surface area contributed by atoms with E-state index in [1.54, 1.807) is 11.3 Å². The highest BCUT2D eigenvalue weighted by Crippen LogP contribution is 2.32. The summed E-state index contributed by atoms with van der Waals surface area (Å²) >= 11 is 1.57. The monoisotopic (exact) mass is 295 g/mol. The molecule has 4 aromatic rings. The summed E-state index contributed by atoms with van der Waals surface area (Å²) < 4.78 is 8.03. The van der Waals surface area contributed by atoms with Gasteiger partial charge in [-0.15, -0.1) is 11.3 Å². The van der Waals surface area contributed by atoms with Crippen molar-refractivity contribution in [1.82, 2.24) is 9.38 Å². The van der Waals surface area contributed by atoms with Gasteiger partial charge in [0.05, 0.1) is 0 Å². The zero-order valence-corrected chi connectivity index (χ0v) is 12.0. The van der Waals surface area contributed by atoms with Crippen molar-refractivity contribution in [2.45, 2.75) is 6.54 Å². The number of fused-ring (bicyclic) bond motifs is 2. The van der Waals surface area contributed by atoms with Gasteiger partial charge in [0.2, 0.25) is 5.88 Å². The van der Waals surface area contributed by atoms with Crippen molar-refractivity contribution >= 4 is 27.1 Å². The standard InChI is InChI=1S/C16H13N3OS/c17-10-13-15(18-16-19(13)8-9-21-16)20-14-7-3-5-11-4-1-2-6-12(11)14/h1-9H,10,17H2. The van der Waals surface area contributed by atoms with Crippen molar-refractivity contribution in [3.63, 3.8) is 0 Å². The van der Waals surface area contributed by atoms with Crippen molar-refractivity contribution in [1.29, 1.82) is 0 Å². The van der Waals surface area contributed by atoms with Crippen molar-refractivity contribution in [3.05, 3.63) is 59.7 Å². The van der Waals surface area contributed by atoms with Crippen LogP contribution in [0.3, 0.4) is 0 Å². The molecule has 2 aromatic heterocycles. The Labute approximate surface area is 125 Å². The molecule has 0 bridgehead atoms. The molecule has 4 nitrogen and oxygen atoms in total. The number of hydrogen-bond acceptors (Lipinski definition) is 4. The summed E-state index contributed by atoms with van der Waals surface area (Å²) in [5.41, 5.74) is 6.74. The molecular weight excluding hydrogens is 282 g/mol. The minimum atomic E-state index is 0.387. The van der Waals surface area contributed by atoms with E-state index in [4.69, 9.17) is 10.5 Å². The maximum Gasteiger partial charge on any atom is 0.243 e. The highest BCUT2D eigenvalue weighted by Gasteiger charge is 2.14. The van der Waals surface area contributed by atoms with Crippen molar-refractivity contribution in [3.8, 4) is 11.6 Å². The minimum Gasteiger partial charge on any atom is -0.437 e. The van der Waals surface area contributed by atoms with Crippen LogP contribution in [0.25, 0.3) is 15.7 Å². The first-order valence-corrected chi connectivity index (χ1v) is 7.55. The van der Waals surface area contributed by atoms with Gasteiger partial charge in [-0.05, 0) is 11.5 Å². The van der Waals surface area contributed by atoms with E-state index >= 15 is 0 Å². The van der Waals surface area contributed by atoms with Crippen LogP contribution in [0.5, 0.6) is 11.6 Å². The first-order chi connectivity index (χ1) is 10.4. The molecule has 0 unspecified atom stereocenters. The molecule has 0 aliphatic rings. The van der Waals surface area contributed by atoms with E-state index < -0.39 is 0 Å². The van der Waals surface area contributed by atoms with Gasteiger partial charge in [0.15, 0.2) is 4.96 Å². The Kier molecular flexibility index (Phi) is 2.87. The molecule has 0 aliphatic carbocycles. The van der Waals surface area contributed by atoms with Gasteiger partial charge in [0.25, 0.3) is 0 Å². The van der Waals surface area contributed by atoms with Crippen LogP contribution in [-0.2, 0) is 6.54 Å². The lowest BCUT2D eigenvalue weighted by atomic mass is 10.1. The topological polar surface area (TPSA) is 52.5 Å². The van der Waals surface area contributed by atoms with Crippen molar-refractivity contribution in [2.24, 2.45) is 5.73 Å². The van der Waals surface area contributed by atoms with Crippen molar-refractivity contribution in [2.75, 3.05) is 0 Å². The van der Waals surface area contributed by atoms with E-state index in [0.717, 1.165) is 27.2 Å². The number of thiazole rings is 1. The Balaban J connectivity index is 1.84. The second-order valence-corrected chi connectivity index (χ2v) is 5.58.